The van der Waals surface area contributed by atoms with Crippen LogP contribution in [-0.2, 0) is 0 Å². The summed E-state index contributed by atoms with van der Waals surface area (Å²) in [6, 6.07) is 24.8. The molecule has 0 radical (unpaired) electrons. The summed E-state index contributed by atoms with van der Waals surface area (Å²) in [4.78, 5) is 14.4. The van der Waals surface area contributed by atoms with Gasteiger partial charge in [0.25, 0.3) is 0 Å². The van der Waals surface area contributed by atoms with Gasteiger partial charge in [-0.25, -0.2) is 15.0 Å². The van der Waals surface area contributed by atoms with Crippen LogP contribution in [0.15, 0.2) is 91.0 Å². The minimum absolute atomic E-state index is 0.595. The van der Waals surface area contributed by atoms with E-state index in [0.717, 1.165) is 16.7 Å². The Morgan fingerprint density at radius 1 is 0.812 bits per heavy atom. The summed E-state index contributed by atoms with van der Waals surface area (Å²) in [6.45, 7) is 1.95. The van der Waals surface area contributed by atoms with Crippen LogP contribution in [0.2, 0.25) is 0 Å². The van der Waals surface area contributed by atoms with Crippen LogP contribution in [0.4, 0.5) is 0 Å². The predicted molar refractivity (Wildman–Crippen MR) is 135 cm³/mol. The summed E-state index contributed by atoms with van der Waals surface area (Å²) in [6.07, 6.45) is 10.9. The molecule has 3 nitrogen and oxygen atoms in total. The number of fused-ring (bicyclic) bond motifs is 3. The Morgan fingerprint density at radius 3 is 2.31 bits per heavy atom. The number of thiophene rings is 1. The van der Waals surface area contributed by atoms with Gasteiger partial charge in [0.2, 0.25) is 0 Å². The standard InChI is InChI=1S/C28H19N3S/c1-3-5-11-19(4-2)26-29-27(20-12-7-6-8-13-20)31-28(30-26)21-16-17-25-23(18-21)22-14-9-10-15-24(22)32-25/h1,4-18H,2H3/b11-5-,19-4+. The van der Waals surface area contributed by atoms with Crippen molar-refractivity contribution in [1.82, 2.24) is 15.0 Å². The lowest BCUT2D eigenvalue weighted by atomic mass is 10.1. The first kappa shape index (κ1) is 19.9. The summed E-state index contributed by atoms with van der Waals surface area (Å²) in [7, 11) is 0. The van der Waals surface area contributed by atoms with Crippen molar-refractivity contribution in [2.24, 2.45) is 0 Å². The maximum atomic E-state index is 5.42. The average Bonchev–Trinajstić information content (AvgIpc) is 3.23. The third-order valence-electron chi connectivity index (χ3n) is 5.23. The molecule has 0 amide bonds. The number of rotatable bonds is 4. The molecule has 0 N–H and O–H groups in total. The summed E-state index contributed by atoms with van der Waals surface area (Å²) < 4.78 is 2.52. The van der Waals surface area contributed by atoms with E-state index in [9.17, 15) is 0 Å². The van der Waals surface area contributed by atoms with Crippen molar-refractivity contribution in [3.8, 4) is 35.1 Å². The smallest absolute Gasteiger partial charge is 0.164 e. The van der Waals surface area contributed by atoms with Gasteiger partial charge in [0.05, 0.1) is 0 Å². The molecule has 0 aliphatic carbocycles. The Labute approximate surface area is 190 Å². The SMILES string of the molecule is C#C/C=C\C(=C/C)c1nc(-c2ccccc2)nc(-c2ccc3sc4ccccc4c3c2)n1. The molecule has 3 aromatic carbocycles. The summed E-state index contributed by atoms with van der Waals surface area (Å²) in [5.41, 5.74) is 2.75. The molecule has 2 aromatic heterocycles. The first-order valence-corrected chi connectivity index (χ1v) is 11.1. The van der Waals surface area contributed by atoms with E-state index in [1.807, 2.05) is 49.4 Å². The predicted octanol–water partition coefficient (Wildman–Crippen LogP) is 7.17. The lowest BCUT2D eigenvalue weighted by Gasteiger charge is -2.09. The molecule has 0 unspecified atom stereocenters. The minimum Gasteiger partial charge on any atom is -0.208 e. The Balaban J connectivity index is 1.72. The van der Waals surface area contributed by atoms with Crippen molar-refractivity contribution in [3.63, 3.8) is 0 Å². The molecule has 0 spiro atoms. The zero-order valence-corrected chi connectivity index (χ0v) is 18.3. The number of hydrogen-bond acceptors (Lipinski definition) is 4. The van der Waals surface area contributed by atoms with E-state index in [1.165, 1.54) is 20.2 Å². The van der Waals surface area contributed by atoms with E-state index in [1.54, 1.807) is 17.4 Å². The fourth-order valence-electron chi connectivity index (χ4n) is 3.65. The van der Waals surface area contributed by atoms with Gasteiger partial charge in [-0.15, -0.1) is 17.8 Å². The lowest BCUT2D eigenvalue weighted by Crippen LogP contribution is -2.02. The molecular weight excluding hydrogens is 410 g/mol. The second-order valence-electron chi connectivity index (χ2n) is 7.23. The average molecular weight is 430 g/mol. The van der Waals surface area contributed by atoms with Crippen LogP contribution in [0.3, 0.4) is 0 Å². The molecule has 0 aliphatic rings. The highest BCUT2D eigenvalue weighted by molar-refractivity contribution is 7.25. The fourth-order valence-corrected chi connectivity index (χ4v) is 4.74. The molecular formula is C28H19N3S. The summed E-state index contributed by atoms with van der Waals surface area (Å²) in [5.74, 6) is 4.41. The highest BCUT2D eigenvalue weighted by Gasteiger charge is 2.14. The molecule has 0 fully saturated rings. The number of benzene rings is 3. The van der Waals surface area contributed by atoms with Gasteiger partial charge in [-0.2, -0.15) is 0 Å². The van der Waals surface area contributed by atoms with Gasteiger partial charge >= 0.3 is 0 Å². The maximum Gasteiger partial charge on any atom is 0.164 e. The van der Waals surface area contributed by atoms with Crippen LogP contribution in [0.1, 0.15) is 12.7 Å². The van der Waals surface area contributed by atoms with Crippen molar-refractivity contribution < 1.29 is 0 Å². The molecule has 5 rings (SSSR count). The zero-order valence-electron chi connectivity index (χ0n) is 17.5. The van der Waals surface area contributed by atoms with E-state index < -0.39 is 0 Å². The van der Waals surface area contributed by atoms with E-state index >= 15 is 0 Å². The van der Waals surface area contributed by atoms with Crippen LogP contribution in [0, 0.1) is 12.3 Å². The van der Waals surface area contributed by atoms with Gasteiger partial charge in [0.15, 0.2) is 17.5 Å². The molecule has 5 aromatic rings. The Morgan fingerprint density at radius 2 is 1.53 bits per heavy atom. The molecule has 32 heavy (non-hydrogen) atoms. The van der Waals surface area contributed by atoms with Crippen LogP contribution >= 0.6 is 11.3 Å². The summed E-state index contributed by atoms with van der Waals surface area (Å²) in [5, 5.41) is 2.46. The highest BCUT2D eigenvalue weighted by Crippen LogP contribution is 2.36. The quantitative estimate of drug-likeness (QED) is 0.225. The maximum absolute atomic E-state index is 5.42. The first-order chi connectivity index (χ1) is 15.8. The fraction of sp³-hybridized carbons (Fsp3) is 0.0357. The third-order valence-corrected chi connectivity index (χ3v) is 6.38. The van der Waals surface area contributed by atoms with Gasteiger partial charge in [0.1, 0.15) is 0 Å². The molecule has 152 valence electrons. The molecule has 2 heterocycles. The number of aromatic nitrogens is 3. The minimum atomic E-state index is 0.595. The van der Waals surface area contributed by atoms with Gasteiger partial charge in [-0.3, -0.25) is 0 Å². The van der Waals surface area contributed by atoms with Crippen molar-refractivity contribution in [1.29, 1.82) is 0 Å². The van der Waals surface area contributed by atoms with Gasteiger partial charge < -0.3 is 0 Å². The van der Waals surface area contributed by atoms with Crippen molar-refractivity contribution in [2.45, 2.75) is 6.92 Å². The van der Waals surface area contributed by atoms with Crippen LogP contribution in [0.25, 0.3) is 48.5 Å². The monoisotopic (exact) mass is 429 g/mol. The third kappa shape index (κ3) is 3.71. The Kier molecular flexibility index (Phi) is 5.33. The number of terminal acetylenes is 1. The second-order valence-corrected chi connectivity index (χ2v) is 8.31. The summed E-state index contributed by atoms with van der Waals surface area (Å²) >= 11 is 1.80. The Hall–Kier alpha value is -4.07. The van der Waals surface area contributed by atoms with Crippen LogP contribution < -0.4 is 0 Å². The molecule has 0 aliphatic heterocycles. The molecule has 0 atom stereocenters. The first-order valence-electron chi connectivity index (χ1n) is 10.3. The zero-order chi connectivity index (χ0) is 21.9. The van der Waals surface area contributed by atoms with Crippen molar-refractivity contribution in [3.05, 3.63) is 96.8 Å². The number of nitrogens with zero attached hydrogens (tertiary/aromatic N) is 3. The van der Waals surface area contributed by atoms with E-state index in [4.69, 9.17) is 21.4 Å². The molecule has 0 saturated carbocycles. The topological polar surface area (TPSA) is 38.7 Å². The van der Waals surface area contributed by atoms with Gasteiger partial charge in [-0.05, 0) is 43.3 Å². The van der Waals surface area contributed by atoms with E-state index in [0.29, 0.717) is 17.5 Å². The number of allylic oxidation sites excluding steroid dienone is 4. The van der Waals surface area contributed by atoms with Gasteiger partial charge in [-0.1, -0.05) is 60.5 Å². The van der Waals surface area contributed by atoms with Gasteiger partial charge in [0, 0.05) is 36.9 Å². The molecule has 0 saturated heterocycles. The molecule has 4 heteroatoms. The van der Waals surface area contributed by atoms with Crippen LogP contribution in [-0.4, -0.2) is 15.0 Å². The van der Waals surface area contributed by atoms with Crippen molar-refractivity contribution >= 4 is 37.1 Å². The largest absolute Gasteiger partial charge is 0.208 e. The van der Waals surface area contributed by atoms with E-state index in [-0.39, 0.29) is 0 Å². The van der Waals surface area contributed by atoms with Crippen molar-refractivity contribution in [2.75, 3.05) is 0 Å². The molecule has 0 bridgehead atoms. The van der Waals surface area contributed by atoms with E-state index in [2.05, 4.69) is 48.4 Å². The normalized spacial score (nSPS) is 11.9. The lowest BCUT2D eigenvalue weighted by molar-refractivity contribution is 1.04. The highest BCUT2D eigenvalue weighted by atomic mass is 32.1. The number of hydrogen-bond donors (Lipinski definition) is 0. The Bertz CT molecular complexity index is 1540. The van der Waals surface area contributed by atoms with Crippen LogP contribution in [0.5, 0.6) is 0 Å². The second kappa shape index (κ2) is 8.58.